The van der Waals surface area contributed by atoms with Gasteiger partial charge in [-0.25, -0.2) is 27.4 Å². The highest BCUT2D eigenvalue weighted by atomic mass is 19.2. The average molecular weight is 288 g/mol. The summed E-state index contributed by atoms with van der Waals surface area (Å²) in [4.78, 5) is 0. The smallest absolute Gasteiger partial charge is 0.159 e. The maximum atomic E-state index is 13.7. The Kier molecular flexibility index (Phi) is 4.01. The molecule has 1 atom stereocenters. The average Bonchev–Trinajstić information content (AvgIpc) is 2.37. The molecule has 0 aliphatic rings. The third-order valence-electron chi connectivity index (χ3n) is 2.78. The largest absolute Gasteiger partial charge is 0.271 e. The fraction of sp³-hybridized carbons (Fsp3) is 0.0769. The lowest BCUT2D eigenvalue weighted by Crippen LogP contribution is -2.30. The molecule has 0 radical (unpaired) electrons. The molecule has 0 fully saturated rings. The fourth-order valence-corrected chi connectivity index (χ4v) is 1.87. The van der Waals surface area contributed by atoms with E-state index in [1.807, 2.05) is 0 Å². The molecule has 0 spiro atoms. The van der Waals surface area contributed by atoms with Gasteiger partial charge in [0.1, 0.15) is 17.5 Å². The zero-order valence-electron chi connectivity index (χ0n) is 9.93. The third kappa shape index (κ3) is 2.63. The normalized spacial score (nSPS) is 12.5. The minimum absolute atomic E-state index is 0.00388. The van der Waals surface area contributed by atoms with Crippen LogP contribution in [0, 0.1) is 29.1 Å². The first-order chi connectivity index (χ1) is 9.43. The number of nitrogens with one attached hydrogen (secondary N) is 1. The number of hydrogen-bond acceptors (Lipinski definition) is 2. The summed E-state index contributed by atoms with van der Waals surface area (Å²) in [5, 5.41) is 0. The molecule has 0 saturated carbocycles. The second-order valence-corrected chi connectivity index (χ2v) is 4.06. The van der Waals surface area contributed by atoms with Crippen molar-refractivity contribution >= 4 is 0 Å². The standard InChI is InChI=1S/C13H9F5N2/c14-7-4-10(17)12(11(18)5-7)13(20-19)6-1-2-8(15)9(16)3-6/h1-5,13,20H,19H2. The molecule has 2 rings (SSSR count). The number of hydrazine groups is 1. The van der Waals surface area contributed by atoms with Crippen molar-refractivity contribution in [1.82, 2.24) is 5.43 Å². The van der Waals surface area contributed by atoms with E-state index in [0.717, 1.165) is 18.2 Å². The Bertz CT molecular complexity index is 622. The predicted octanol–water partition coefficient (Wildman–Crippen LogP) is 2.93. The monoisotopic (exact) mass is 288 g/mol. The van der Waals surface area contributed by atoms with Crippen LogP contribution in [0.15, 0.2) is 30.3 Å². The van der Waals surface area contributed by atoms with Crippen molar-refractivity contribution in [1.29, 1.82) is 0 Å². The summed E-state index contributed by atoms with van der Waals surface area (Å²) in [5.41, 5.74) is 1.50. The molecule has 20 heavy (non-hydrogen) atoms. The Morgan fingerprint density at radius 3 is 1.90 bits per heavy atom. The van der Waals surface area contributed by atoms with Gasteiger partial charge in [-0.05, 0) is 17.7 Å². The van der Waals surface area contributed by atoms with Gasteiger partial charge in [0.15, 0.2) is 11.6 Å². The van der Waals surface area contributed by atoms with E-state index in [9.17, 15) is 22.0 Å². The van der Waals surface area contributed by atoms with E-state index in [1.54, 1.807) is 0 Å². The summed E-state index contributed by atoms with van der Waals surface area (Å²) in [6, 6.07) is 2.33. The molecule has 0 aliphatic heterocycles. The minimum Gasteiger partial charge on any atom is -0.271 e. The van der Waals surface area contributed by atoms with E-state index in [-0.39, 0.29) is 5.56 Å². The van der Waals surface area contributed by atoms with Crippen LogP contribution in [0.1, 0.15) is 17.2 Å². The molecule has 0 aromatic heterocycles. The fourth-order valence-electron chi connectivity index (χ4n) is 1.87. The number of nitrogens with two attached hydrogens (primary N) is 1. The van der Waals surface area contributed by atoms with Crippen molar-refractivity contribution < 1.29 is 22.0 Å². The summed E-state index contributed by atoms with van der Waals surface area (Å²) >= 11 is 0. The van der Waals surface area contributed by atoms with Crippen LogP contribution in [0.3, 0.4) is 0 Å². The van der Waals surface area contributed by atoms with E-state index in [1.165, 1.54) is 0 Å². The third-order valence-corrected chi connectivity index (χ3v) is 2.78. The highest BCUT2D eigenvalue weighted by Gasteiger charge is 2.23. The molecule has 0 saturated heterocycles. The van der Waals surface area contributed by atoms with Gasteiger partial charge in [0.05, 0.1) is 6.04 Å². The summed E-state index contributed by atoms with van der Waals surface area (Å²) in [7, 11) is 0. The first-order valence-electron chi connectivity index (χ1n) is 5.49. The van der Waals surface area contributed by atoms with Gasteiger partial charge in [0.2, 0.25) is 0 Å². The molecule has 3 N–H and O–H groups in total. The Hall–Kier alpha value is -1.99. The second-order valence-electron chi connectivity index (χ2n) is 4.06. The van der Waals surface area contributed by atoms with Crippen LogP contribution in [0.2, 0.25) is 0 Å². The number of benzene rings is 2. The minimum atomic E-state index is -1.29. The van der Waals surface area contributed by atoms with E-state index in [0.29, 0.717) is 12.1 Å². The molecule has 0 bridgehead atoms. The van der Waals surface area contributed by atoms with Crippen LogP contribution in [-0.2, 0) is 0 Å². The van der Waals surface area contributed by atoms with Gasteiger partial charge >= 0.3 is 0 Å². The molecule has 106 valence electrons. The molecule has 1 unspecified atom stereocenters. The number of hydrogen-bond donors (Lipinski definition) is 2. The van der Waals surface area contributed by atoms with Crippen molar-refractivity contribution in [3.63, 3.8) is 0 Å². The van der Waals surface area contributed by atoms with Gasteiger partial charge in [-0.2, -0.15) is 0 Å². The van der Waals surface area contributed by atoms with Gasteiger partial charge in [-0.3, -0.25) is 5.84 Å². The topological polar surface area (TPSA) is 38.0 Å². The SMILES string of the molecule is NNC(c1ccc(F)c(F)c1)c1c(F)cc(F)cc1F. The highest BCUT2D eigenvalue weighted by Crippen LogP contribution is 2.28. The van der Waals surface area contributed by atoms with Crippen molar-refractivity contribution in [3.8, 4) is 0 Å². The van der Waals surface area contributed by atoms with Crippen LogP contribution >= 0.6 is 0 Å². The Morgan fingerprint density at radius 2 is 1.40 bits per heavy atom. The maximum absolute atomic E-state index is 13.7. The zero-order chi connectivity index (χ0) is 14.9. The Labute approximate surface area is 111 Å². The first kappa shape index (κ1) is 14.4. The first-order valence-corrected chi connectivity index (χ1v) is 5.49. The van der Waals surface area contributed by atoms with Crippen LogP contribution < -0.4 is 11.3 Å². The lowest BCUT2D eigenvalue weighted by Gasteiger charge is -2.18. The lowest BCUT2D eigenvalue weighted by molar-refractivity contribution is 0.484. The number of rotatable bonds is 3. The van der Waals surface area contributed by atoms with Crippen molar-refractivity contribution in [2.75, 3.05) is 0 Å². The van der Waals surface area contributed by atoms with Crippen molar-refractivity contribution in [3.05, 3.63) is 70.5 Å². The highest BCUT2D eigenvalue weighted by molar-refractivity contribution is 5.34. The van der Waals surface area contributed by atoms with Crippen molar-refractivity contribution in [2.24, 2.45) is 5.84 Å². The zero-order valence-corrected chi connectivity index (χ0v) is 9.93. The van der Waals surface area contributed by atoms with Gasteiger partial charge in [-0.15, -0.1) is 0 Å². The molecular weight excluding hydrogens is 279 g/mol. The van der Waals surface area contributed by atoms with Gasteiger partial charge in [-0.1, -0.05) is 6.07 Å². The molecular formula is C13H9F5N2. The molecule has 2 nitrogen and oxygen atoms in total. The quantitative estimate of drug-likeness (QED) is 0.518. The van der Waals surface area contributed by atoms with Gasteiger partial charge in [0, 0.05) is 17.7 Å². The van der Waals surface area contributed by atoms with E-state index < -0.39 is 40.7 Å². The molecule has 0 aliphatic carbocycles. The Balaban J connectivity index is 2.55. The van der Waals surface area contributed by atoms with Crippen LogP contribution in [0.25, 0.3) is 0 Å². The second kappa shape index (κ2) is 5.56. The number of halogens is 5. The summed E-state index contributed by atoms with van der Waals surface area (Å²) in [5.74, 6) is -0.551. The molecule has 0 amide bonds. The van der Waals surface area contributed by atoms with E-state index >= 15 is 0 Å². The summed E-state index contributed by atoms with van der Waals surface area (Å²) < 4.78 is 66.2. The van der Waals surface area contributed by atoms with Gasteiger partial charge in [0.25, 0.3) is 0 Å². The predicted molar refractivity (Wildman–Crippen MR) is 61.8 cm³/mol. The van der Waals surface area contributed by atoms with E-state index in [2.05, 4.69) is 5.43 Å². The van der Waals surface area contributed by atoms with Crippen molar-refractivity contribution in [2.45, 2.75) is 6.04 Å². The van der Waals surface area contributed by atoms with E-state index in [4.69, 9.17) is 5.84 Å². The molecule has 2 aromatic carbocycles. The summed E-state index contributed by atoms with van der Waals surface area (Å²) in [6.07, 6.45) is 0. The Morgan fingerprint density at radius 1 is 0.800 bits per heavy atom. The van der Waals surface area contributed by atoms with Crippen LogP contribution in [0.5, 0.6) is 0 Å². The summed E-state index contributed by atoms with van der Waals surface area (Å²) in [6.45, 7) is 0. The maximum Gasteiger partial charge on any atom is 0.159 e. The molecule has 2 aromatic rings. The lowest BCUT2D eigenvalue weighted by atomic mass is 9.98. The van der Waals surface area contributed by atoms with Gasteiger partial charge < -0.3 is 0 Å². The van der Waals surface area contributed by atoms with Crippen LogP contribution in [0.4, 0.5) is 22.0 Å². The van der Waals surface area contributed by atoms with Crippen LogP contribution in [-0.4, -0.2) is 0 Å². The molecule has 0 heterocycles. The molecule has 7 heteroatoms.